The first kappa shape index (κ1) is 19.5. The van der Waals surface area contributed by atoms with Crippen molar-refractivity contribution in [3.8, 4) is 6.07 Å². The fourth-order valence-corrected chi connectivity index (χ4v) is 2.78. The van der Waals surface area contributed by atoms with Gasteiger partial charge in [0.1, 0.15) is 16.5 Å². The number of alkyl carbamates (subject to hydrolysis) is 1. The molecule has 1 amide bonds. The van der Waals surface area contributed by atoms with Crippen molar-refractivity contribution in [3.05, 3.63) is 21.9 Å². The van der Waals surface area contributed by atoms with Crippen LogP contribution in [-0.4, -0.2) is 24.3 Å². The van der Waals surface area contributed by atoms with Gasteiger partial charge in [-0.25, -0.2) is 4.79 Å². The molecule has 0 radical (unpaired) electrons. The standard InChI is InChI=1S/C17H27N3O2S/c1-5-6-7-13(11-20-16(21)22-17(2,3)4)19-12-15-9-8-14(10-18)23-15/h8-9,13,19H,5-7,11-12H2,1-4H3,(H,20,21). The molecule has 0 spiro atoms. The summed E-state index contributed by atoms with van der Waals surface area (Å²) in [6.45, 7) is 8.94. The third kappa shape index (κ3) is 8.58. The Balaban J connectivity index is 2.45. The van der Waals surface area contributed by atoms with Gasteiger partial charge in [-0.3, -0.25) is 0 Å². The molecule has 0 aliphatic rings. The van der Waals surface area contributed by atoms with Gasteiger partial charge in [-0.2, -0.15) is 5.26 Å². The van der Waals surface area contributed by atoms with Gasteiger partial charge in [0.15, 0.2) is 0 Å². The summed E-state index contributed by atoms with van der Waals surface area (Å²) in [5, 5.41) is 15.1. The maximum Gasteiger partial charge on any atom is 0.407 e. The number of hydrogen-bond donors (Lipinski definition) is 2. The average molecular weight is 337 g/mol. The fourth-order valence-electron chi connectivity index (χ4n) is 2.03. The Morgan fingerprint density at radius 1 is 1.43 bits per heavy atom. The minimum Gasteiger partial charge on any atom is -0.444 e. The predicted molar refractivity (Wildman–Crippen MR) is 93.4 cm³/mol. The average Bonchev–Trinajstić information content (AvgIpc) is 2.92. The predicted octanol–water partition coefficient (Wildman–Crippen LogP) is 3.79. The third-order valence-corrected chi connectivity index (χ3v) is 4.12. The van der Waals surface area contributed by atoms with Gasteiger partial charge in [0.2, 0.25) is 0 Å². The number of amides is 1. The number of carbonyl (C=O) groups is 1. The first-order valence-corrected chi connectivity index (χ1v) is 8.84. The van der Waals surface area contributed by atoms with Gasteiger partial charge in [-0.15, -0.1) is 11.3 Å². The van der Waals surface area contributed by atoms with Gasteiger partial charge in [-0.05, 0) is 39.3 Å². The Morgan fingerprint density at radius 3 is 2.74 bits per heavy atom. The lowest BCUT2D eigenvalue weighted by Crippen LogP contribution is -2.42. The number of nitrogens with zero attached hydrogens (tertiary/aromatic N) is 1. The lowest BCUT2D eigenvalue weighted by atomic mass is 10.1. The van der Waals surface area contributed by atoms with Crippen molar-refractivity contribution in [1.82, 2.24) is 10.6 Å². The van der Waals surface area contributed by atoms with Crippen LogP contribution in [0.4, 0.5) is 4.79 Å². The highest BCUT2D eigenvalue weighted by molar-refractivity contribution is 7.12. The second-order valence-electron chi connectivity index (χ2n) is 6.48. The molecule has 1 rings (SSSR count). The van der Waals surface area contributed by atoms with Gasteiger partial charge in [0.05, 0.1) is 0 Å². The first-order chi connectivity index (χ1) is 10.8. The summed E-state index contributed by atoms with van der Waals surface area (Å²) in [7, 11) is 0. The lowest BCUT2D eigenvalue weighted by molar-refractivity contribution is 0.0521. The van der Waals surface area contributed by atoms with E-state index >= 15 is 0 Å². The van der Waals surface area contributed by atoms with Crippen LogP contribution in [-0.2, 0) is 11.3 Å². The SMILES string of the molecule is CCCCC(CNC(=O)OC(C)(C)C)NCc1ccc(C#N)s1. The molecule has 0 aliphatic heterocycles. The minimum absolute atomic E-state index is 0.190. The van der Waals surface area contributed by atoms with E-state index in [0.717, 1.165) is 29.0 Å². The van der Waals surface area contributed by atoms with Crippen LogP contribution >= 0.6 is 11.3 Å². The van der Waals surface area contributed by atoms with Crippen molar-refractivity contribution in [3.63, 3.8) is 0 Å². The fraction of sp³-hybridized carbons (Fsp3) is 0.647. The molecule has 0 saturated heterocycles. The summed E-state index contributed by atoms with van der Waals surface area (Å²) in [5.74, 6) is 0. The summed E-state index contributed by atoms with van der Waals surface area (Å²) in [4.78, 5) is 13.6. The van der Waals surface area contributed by atoms with Crippen molar-refractivity contribution < 1.29 is 9.53 Å². The Kier molecular flexibility index (Phi) is 8.07. The number of hydrogen-bond acceptors (Lipinski definition) is 5. The molecule has 1 aromatic rings. The Morgan fingerprint density at radius 2 is 2.17 bits per heavy atom. The molecular formula is C17H27N3O2S. The molecule has 2 N–H and O–H groups in total. The van der Waals surface area contributed by atoms with Crippen molar-refractivity contribution in [1.29, 1.82) is 5.26 Å². The van der Waals surface area contributed by atoms with Crippen LogP contribution in [0.1, 0.15) is 56.7 Å². The second kappa shape index (κ2) is 9.53. The molecule has 0 fully saturated rings. The van der Waals surface area contributed by atoms with Crippen LogP contribution in [0, 0.1) is 11.3 Å². The maximum absolute atomic E-state index is 11.8. The highest BCUT2D eigenvalue weighted by Gasteiger charge is 2.17. The number of thiophene rings is 1. The smallest absolute Gasteiger partial charge is 0.407 e. The zero-order valence-corrected chi connectivity index (χ0v) is 15.3. The van der Waals surface area contributed by atoms with E-state index in [4.69, 9.17) is 10.00 Å². The molecule has 1 unspecified atom stereocenters. The summed E-state index contributed by atoms with van der Waals surface area (Å²) in [6, 6.07) is 6.14. The monoisotopic (exact) mass is 337 g/mol. The zero-order valence-electron chi connectivity index (χ0n) is 14.4. The Hall–Kier alpha value is -1.58. The zero-order chi connectivity index (χ0) is 17.3. The van der Waals surface area contributed by atoms with Crippen LogP contribution in [0.2, 0.25) is 0 Å². The van der Waals surface area contributed by atoms with Crippen molar-refractivity contribution in [2.75, 3.05) is 6.54 Å². The first-order valence-electron chi connectivity index (χ1n) is 8.03. The number of ether oxygens (including phenoxy) is 1. The Bertz CT molecular complexity index is 529. The van der Waals surface area contributed by atoms with Crippen molar-refractivity contribution in [2.24, 2.45) is 0 Å². The number of carbonyl (C=O) groups excluding carboxylic acids is 1. The normalized spacial score (nSPS) is 12.5. The highest BCUT2D eigenvalue weighted by Crippen LogP contribution is 2.15. The summed E-state index contributed by atoms with van der Waals surface area (Å²) in [6.07, 6.45) is 2.82. The van der Waals surface area contributed by atoms with Crippen LogP contribution in [0.15, 0.2) is 12.1 Å². The van der Waals surface area contributed by atoms with E-state index in [-0.39, 0.29) is 12.1 Å². The van der Waals surface area contributed by atoms with Crippen LogP contribution < -0.4 is 10.6 Å². The molecule has 0 aliphatic carbocycles. The summed E-state index contributed by atoms with van der Waals surface area (Å²) in [5.41, 5.74) is -0.485. The molecule has 6 heteroatoms. The van der Waals surface area contributed by atoms with Gasteiger partial charge >= 0.3 is 6.09 Å². The van der Waals surface area contributed by atoms with E-state index in [2.05, 4.69) is 23.6 Å². The number of nitrogens with one attached hydrogen (secondary N) is 2. The maximum atomic E-state index is 11.8. The molecule has 128 valence electrons. The van der Waals surface area contributed by atoms with E-state index < -0.39 is 5.60 Å². The van der Waals surface area contributed by atoms with E-state index in [1.165, 1.54) is 11.3 Å². The van der Waals surface area contributed by atoms with E-state index in [1.54, 1.807) is 0 Å². The molecular weight excluding hydrogens is 310 g/mol. The van der Waals surface area contributed by atoms with E-state index in [1.807, 2.05) is 32.9 Å². The largest absolute Gasteiger partial charge is 0.444 e. The van der Waals surface area contributed by atoms with E-state index in [9.17, 15) is 4.79 Å². The number of nitriles is 1. The third-order valence-electron chi connectivity index (χ3n) is 3.13. The van der Waals surface area contributed by atoms with Gasteiger partial charge in [0, 0.05) is 24.0 Å². The molecule has 0 bridgehead atoms. The van der Waals surface area contributed by atoms with Crippen molar-refractivity contribution >= 4 is 17.4 Å². The summed E-state index contributed by atoms with van der Waals surface area (Å²) >= 11 is 1.50. The van der Waals surface area contributed by atoms with Crippen LogP contribution in [0.25, 0.3) is 0 Å². The molecule has 1 heterocycles. The number of rotatable bonds is 8. The molecule has 1 aromatic heterocycles. The molecule has 23 heavy (non-hydrogen) atoms. The summed E-state index contributed by atoms with van der Waals surface area (Å²) < 4.78 is 5.26. The molecule has 5 nitrogen and oxygen atoms in total. The molecule has 1 atom stereocenters. The van der Waals surface area contributed by atoms with E-state index in [0.29, 0.717) is 13.1 Å². The second-order valence-corrected chi connectivity index (χ2v) is 7.65. The van der Waals surface area contributed by atoms with Crippen LogP contribution in [0.5, 0.6) is 0 Å². The molecule has 0 saturated carbocycles. The van der Waals surface area contributed by atoms with Gasteiger partial charge in [0.25, 0.3) is 0 Å². The lowest BCUT2D eigenvalue weighted by Gasteiger charge is -2.22. The molecule has 0 aromatic carbocycles. The highest BCUT2D eigenvalue weighted by atomic mass is 32.1. The minimum atomic E-state index is -0.485. The van der Waals surface area contributed by atoms with Gasteiger partial charge < -0.3 is 15.4 Å². The Labute approximate surface area is 143 Å². The quantitative estimate of drug-likeness (QED) is 0.757. The van der Waals surface area contributed by atoms with Crippen molar-refractivity contribution in [2.45, 2.75) is 65.1 Å². The number of unbranched alkanes of at least 4 members (excludes halogenated alkanes) is 1. The van der Waals surface area contributed by atoms with Gasteiger partial charge in [-0.1, -0.05) is 19.8 Å². The van der Waals surface area contributed by atoms with Crippen LogP contribution in [0.3, 0.4) is 0 Å². The topological polar surface area (TPSA) is 74.2 Å².